The largest absolute Gasteiger partial charge is 0.489 e. The molecule has 4 aromatic rings. The highest BCUT2D eigenvalue weighted by Gasteiger charge is 2.47. The molecule has 41 heavy (non-hydrogen) atoms. The number of rotatable bonds is 8. The predicted octanol–water partition coefficient (Wildman–Crippen LogP) is 7.10. The van der Waals surface area contributed by atoms with Crippen molar-refractivity contribution in [3.05, 3.63) is 77.2 Å². The Morgan fingerprint density at radius 1 is 1.15 bits per heavy atom. The van der Waals surface area contributed by atoms with Gasteiger partial charge in [0.2, 0.25) is 0 Å². The first-order chi connectivity index (χ1) is 19.7. The first-order valence-electron chi connectivity index (χ1n) is 14.0. The van der Waals surface area contributed by atoms with E-state index in [1.807, 2.05) is 24.3 Å². The molecule has 2 aliphatic carbocycles. The molecule has 3 heterocycles. The van der Waals surface area contributed by atoms with Crippen LogP contribution >= 0.6 is 0 Å². The van der Waals surface area contributed by atoms with Crippen molar-refractivity contribution in [1.29, 1.82) is 0 Å². The molecule has 1 saturated heterocycles. The summed E-state index contributed by atoms with van der Waals surface area (Å²) >= 11 is 0. The minimum absolute atomic E-state index is 0.176. The Morgan fingerprint density at radius 3 is 2.63 bits per heavy atom. The van der Waals surface area contributed by atoms with Gasteiger partial charge in [0.15, 0.2) is 5.69 Å². The molecule has 7 nitrogen and oxygen atoms in total. The molecular formula is C32H29F2N3O4. The van der Waals surface area contributed by atoms with E-state index >= 15 is 0 Å². The summed E-state index contributed by atoms with van der Waals surface area (Å²) in [6.07, 6.45) is 5.23. The van der Waals surface area contributed by atoms with Crippen LogP contribution in [-0.2, 0) is 0 Å². The van der Waals surface area contributed by atoms with E-state index < -0.39 is 18.0 Å². The number of fused-ring (bicyclic) bond motifs is 1. The molecule has 0 atom stereocenters. The minimum Gasteiger partial charge on any atom is -0.489 e. The zero-order valence-corrected chi connectivity index (χ0v) is 22.5. The number of nitrogens with zero attached hydrogens (tertiary/aromatic N) is 3. The van der Waals surface area contributed by atoms with Gasteiger partial charge in [-0.25, -0.2) is 18.6 Å². The molecule has 0 amide bonds. The Labute approximate surface area is 235 Å². The summed E-state index contributed by atoms with van der Waals surface area (Å²) in [5, 5.41) is 14.5. The van der Waals surface area contributed by atoms with Gasteiger partial charge in [0.05, 0.1) is 5.52 Å². The smallest absolute Gasteiger partial charge is 0.354 e. The molecule has 0 spiro atoms. The number of pyridine rings is 1. The van der Waals surface area contributed by atoms with E-state index in [4.69, 9.17) is 9.26 Å². The fraction of sp³-hybridized carbons (Fsp3) is 0.344. The van der Waals surface area contributed by atoms with Crippen LogP contribution in [0.3, 0.4) is 0 Å². The molecule has 0 radical (unpaired) electrons. The van der Waals surface area contributed by atoms with Crippen molar-refractivity contribution in [3.8, 4) is 17.0 Å². The lowest BCUT2D eigenvalue weighted by Crippen LogP contribution is -2.45. The van der Waals surface area contributed by atoms with Crippen LogP contribution < -0.4 is 9.64 Å². The quantitative estimate of drug-likeness (QED) is 0.247. The second-order valence-electron chi connectivity index (χ2n) is 11.4. The number of halogens is 2. The number of hydrogen-bond donors (Lipinski definition) is 1. The Hall–Kier alpha value is -4.27. The zero-order valence-electron chi connectivity index (χ0n) is 22.5. The van der Waals surface area contributed by atoms with Gasteiger partial charge >= 0.3 is 5.97 Å². The van der Waals surface area contributed by atoms with E-state index in [2.05, 4.69) is 46.2 Å². The lowest BCUT2D eigenvalue weighted by atomic mass is 9.91. The number of aryl methyl sites for hydroxylation is 1. The lowest BCUT2D eigenvalue weighted by molar-refractivity contribution is -0.134. The number of anilines is 1. The fourth-order valence-corrected chi connectivity index (χ4v) is 5.68. The number of hydrogen-bond acceptors (Lipinski definition) is 6. The standard InChI is InChI=1S/C32H29F2N3O4/c1-18-4-2-3-5-23(18)29-24(30(41-36-29)20-7-8-20)10-6-19-16-37(17-19)21-9-11-26-25(12-21)28(13-27(35-26)31(38)39)40-22-14-32(33,34)15-22/h2-6,9-13,19-20,22H,7-8,14-17H2,1H3,(H,38,39)/b10-6+. The molecule has 3 fully saturated rings. The molecule has 3 aliphatic rings. The Kier molecular flexibility index (Phi) is 6.06. The molecule has 9 heteroatoms. The predicted molar refractivity (Wildman–Crippen MR) is 151 cm³/mol. The average molecular weight is 558 g/mol. The Balaban J connectivity index is 1.10. The molecule has 210 valence electrons. The van der Waals surface area contributed by atoms with Crippen molar-refractivity contribution in [3.63, 3.8) is 0 Å². The highest BCUT2D eigenvalue weighted by molar-refractivity contribution is 5.94. The van der Waals surface area contributed by atoms with Gasteiger partial charge in [0.1, 0.15) is 23.3 Å². The Morgan fingerprint density at radius 2 is 1.93 bits per heavy atom. The maximum atomic E-state index is 13.4. The summed E-state index contributed by atoms with van der Waals surface area (Å²) in [6, 6.07) is 15.1. The second kappa shape index (κ2) is 9.68. The minimum atomic E-state index is -2.74. The summed E-state index contributed by atoms with van der Waals surface area (Å²) in [5.74, 6) is -1.92. The summed E-state index contributed by atoms with van der Waals surface area (Å²) in [5.41, 5.74) is 5.41. The van der Waals surface area contributed by atoms with Crippen LogP contribution in [-0.4, -0.2) is 46.3 Å². The number of ether oxygens (including phenoxy) is 1. The summed E-state index contributed by atoms with van der Waals surface area (Å²) in [4.78, 5) is 18.0. The number of carboxylic acid groups (broad SMARTS) is 1. The Bertz CT molecular complexity index is 1680. The summed E-state index contributed by atoms with van der Waals surface area (Å²) in [7, 11) is 0. The third kappa shape index (κ3) is 4.94. The number of aromatic carboxylic acids is 1. The van der Waals surface area contributed by atoms with Crippen molar-refractivity contribution in [1.82, 2.24) is 10.1 Å². The molecule has 1 N–H and O–H groups in total. The lowest BCUT2D eigenvalue weighted by Gasteiger charge is -2.40. The second-order valence-corrected chi connectivity index (χ2v) is 11.4. The molecule has 1 aliphatic heterocycles. The zero-order chi connectivity index (χ0) is 28.3. The number of aromatic nitrogens is 2. The van der Waals surface area contributed by atoms with Crippen molar-refractivity contribution in [2.24, 2.45) is 5.92 Å². The first-order valence-corrected chi connectivity index (χ1v) is 14.0. The van der Waals surface area contributed by atoms with E-state index in [-0.39, 0.29) is 24.3 Å². The molecule has 2 aromatic carbocycles. The summed E-state index contributed by atoms with van der Waals surface area (Å²) in [6.45, 7) is 3.69. The normalized spacial score (nSPS) is 19.0. The average Bonchev–Trinajstić information content (AvgIpc) is 3.66. The highest BCUT2D eigenvalue weighted by atomic mass is 19.3. The van der Waals surface area contributed by atoms with E-state index in [9.17, 15) is 18.7 Å². The van der Waals surface area contributed by atoms with Crippen LogP contribution in [0.25, 0.3) is 28.2 Å². The monoisotopic (exact) mass is 557 g/mol. The van der Waals surface area contributed by atoms with E-state index in [1.54, 1.807) is 6.07 Å². The SMILES string of the molecule is Cc1ccccc1-c1noc(C2CC2)c1/C=C/C1CN(c2ccc3nc(C(=O)O)cc(OC4CC(F)(F)C4)c3c2)C1. The molecule has 7 rings (SSSR count). The first kappa shape index (κ1) is 25.7. The number of alkyl halides is 2. The number of benzene rings is 2. The molecule has 2 saturated carbocycles. The molecule has 2 aromatic heterocycles. The van der Waals surface area contributed by atoms with Gasteiger partial charge in [-0.05, 0) is 43.5 Å². The van der Waals surface area contributed by atoms with E-state index in [0.29, 0.717) is 22.7 Å². The van der Waals surface area contributed by atoms with Crippen LogP contribution in [0, 0.1) is 12.8 Å². The number of carbonyl (C=O) groups is 1. The van der Waals surface area contributed by atoms with E-state index in [0.717, 1.165) is 59.8 Å². The highest BCUT2D eigenvalue weighted by Crippen LogP contribution is 2.45. The topological polar surface area (TPSA) is 88.7 Å². The maximum absolute atomic E-state index is 13.4. The molecule has 0 unspecified atom stereocenters. The van der Waals surface area contributed by atoms with Gasteiger partial charge in [0, 0.05) is 66.0 Å². The van der Waals surface area contributed by atoms with Gasteiger partial charge < -0.3 is 19.3 Å². The van der Waals surface area contributed by atoms with Crippen LogP contribution in [0.1, 0.15) is 59.0 Å². The van der Waals surface area contributed by atoms with Crippen molar-refractivity contribution >= 4 is 28.6 Å². The van der Waals surface area contributed by atoms with Crippen LogP contribution in [0.2, 0.25) is 0 Å². The third-order valence-electron chi connectivity index (χ3n) is 8.23. The van der Waals surface area contributed by atoms with Gasteiger partial charge in [-0.15, -0.1) is 0 Å². The molecule has 0 bridgehead atoms. The number of carboxylic acids is 1. The molecular weight excluding hydrogens is 528 g/mol. The van der Waals surface area contributed by atoms with E-state index in [1.165, 1.54) is 6.07 Å². The third-order valence-corrected chi connectivity index (χ3v) is 8.23. The summed E-state index contributed by atoms with van der Waals surface area (Å²) < 4.78 is 38.5. The maximum Gasteiger partial charge on any atom is 0.354 e. The van der Waals surface area contributed by atoms with Crippen molar-refractivity contribution in [2.45, 2.75) is 50.6 Å². The van der Waals surface area contributed by atoms with Crippen molar-refractivity contribution in [2.75, 3.05) is 18.0 Å². The van der Waals surface area contributed by atoms with Gasteiger partial charge in [-0.3, -0.25) is 0 Å². The van der Waals surface area contributed by atoms with Gasteiger partial charge in [-0.2, -0.15) is 0 Å². The van der Waals surface area contributed by atoms with Crippen LogP contribution in [0.5, 0.6) is 5.75 Å². The van der Waals surface area contributed by atoms with Crippen molar-refractivity contribution < 1.29 is 27.9 Å². The van der Waals surface area contributed by atoms with Gasteiger partial charge in [-0.1, -0.05) is 41.6 Å². The van der Waals surface area contributed by atoms with Gasteiger partial charge in [0.25, 0.3) is 5.92 Å². The fourth-order valence-electron chi connectivity index (χ4n) is 5.68. The van der Waals surface area contributed by atoms with Crippen LogP contribution in [0.15, 0.2) is 59.1 Å². The van der Waals surface area contributed by atoms with Crippen LogP contribution in [0.4, 0.5) is 14.5 Å².